The fourth-order valence-electron chi connectivity index (χ4n) is 0.883. The molecular weight excluding hydrogens is 126 g/mol. The van der Waals surface area contributed by atoms with Crippen LogP contribution in [0.15, 0.2) is 23.3 Å². The molecule has 0 aliphatic heterocycles. The minimum Gasteiger partial charge on any atom is -0.366 e. The van der Waals surface area contributed by atoms with E-state index in [1.165, 1.54) is 0 Å². The summed E-state index contributed by atoms with van der Waals surface area (Å²) in [6.45, 7) is 9.09. The molecular formula is C8H13NO. The Bertz CT molecular complexity index is 181. The number of nitrogens with two attached hydrogens (primary N) is 1. The van der Waals surface area contributed by atoms with Gasteiger partial charge in [-0.15, -0.1) is 0 Å². The predicted octanol–water partition coefficient (Wildman–Crippen LogP) is 1.38. The van der Waals surface area contributed by atoms with E-state index in [4.69, 9.17) is 5.73 Å². The van der Waals surface area contributed by atoms with Crippen molar-refractivity contribution in [3.63, 3.8) is 0 Å². The van der Waals surface area contributed by atoms with Crippen LogP contribution in [0.1, 0.15) is 20.8 Å². The molecule has 1 amide bonds. The Morgan fingerprint density at radius 3 is 1.70 bits per heavy atom. The van der Waals surface area contributed by atoms with Crippen LogP contribution in [0.5, 0.6) is 0 Å². The number of hydrogen-bond acceptors (Lipinski definition) is 1. The summed E-state index contributed by atoms with van der Waals surface area (Å²) in [5.41, 5.74) is 7.28. The monoisotopic (exact) mass is 139 g/mol. The highest BCUT2D eigenvalue weighted by Gasteiger charge is 2.05. The molecule has 0 unspecified atom stereocenters. The first-order valence-corrected chi connectivity index (χ1v) is 3.10. The van der Waals surface area contributed by atoms with Gasteiger partial charge in [0, 0.05) is 5.57 Å². The number of primary amides is 1. The van der Waals surface area contributed by atoms with Crippen LogP contribution in [0.2, 0.25) is 0 Å². The summed E-state index contributed by atoms with van der Waals surface area (Å²) in [5, 5.41) is 0. The summed E-state index contributed by atoms with van der Waals surface area (Å²) < 4.78 is 0. The van der Waals surface area contributed by atoms with Crippen molar-refractivity contribution in [1.29, 1.82) is 0 Å². The third kappa shape index (κ3) is 2.05. The Morgan fingerprint density at radius 2 is 1.70 bits per heavy atom. The van der Waals surface area contributed by atoms with E-state index < -0.39 is 5.91 Å². The molecule has 0 bridgehead atoms. The van der Waals surface area contributed by atoms with Crippen LogP contribution in [-0.4, -0.2) is 5.91 Å². The van der Waals surface area contributed by atoms with Crippen LogP contribution in [0.3, 0.4) is 0 Å². The topological polar surface area (TPSA) is 43.1 Å². The molecule has 2 nitrogen and oxygen atoms in total. The molecule has 0 saturated heterocycles. The van der Waals surface area contributed by atoms with E-state index in [1.807, 2.05) is 13.8 Å². The molecule has 2 N–H and O–H groups in total. The van der Waals surface area contributed by atoms with Crippen LogP contribution in [-0.2, 0) is 4.79 Å². The summed E-state index contributed by atoms with van der Waals surface area (Å²) in [6.07, 6.45) is 0. The lowest BCUT2D eigenvalue weighted by Crippen LogP contribution is -2.15. The number of carbonyl (C=O) groups is 1. The first kappa shape index (κ1) is 8.95. The van der Waals surface area contributed by atoms with Gasteiger partial charge in [-0.05, 0) is 26.3 Å². The molecule has 0 heterocycles. The standard InChI is InChI=1S/C8H13NO/c1-5(2)7(6(3)4)8(9)10/h1H2,2-4H3,(H2,9,10). The molecule has 0 aromatic rings. The highest BCUT2D eigenvalue weighted by atomic mass is 16.1. The van der Waals surface area contributed by atoms with Gasteiger partial charge in [0.2, 0.25) is 5.91 Å². The Balaban J connectivity index is 4.79. The van der Waals surface area contributed by atoms with Crippen molar-refractivity contribution in [2.24, 2.45) is 5.73 Å². The largest absolute Gasteiger partial charge is 0.366 e. The Labute approximate surface area is 61.4 Å². The zero-order chi connectivity index (χ0) is 8.31. The van der Waals surface area contributed by atoms with Gasteiger partial charge in [-0.25, -0.2) is 0 Å². The SMILES string of the molecule is C=C(C)C(C(N)=O)=C(C)C. The van der Waals surface area contributed by atoms with Gasteiger partial charge in [0.25, 0.3) is 0 Å². The van der Waals surface area contributed by atoms with E-state index in [-0.39, 0.29) is 0 Å². The maximum atomic E-state index is 10.7. The molecule has 10 heavy (non-hydrogen) atoms. The quantitative estimate of drug-likeness (QED) is 0.456. The van der Waals surface area contributed by atoms with Gasteiger partial charge in [0.15, 0.2) is 0 Å². The van der Waals surface area contributed by atoms with Crippen LogP contribution < -0.4 is 5.73 Å². The lowest BCUT2D eigenvalue weighted by Gasteiger charge is -2.02. The summed E-state index contributed by atoms with van der Waals surface area (Å²) in [5.74, 6) is -0.396. The zero-order valence-electron chi connectivity index (χ0n) is 6.69. The Morgan fingerprint density at radius 1 is 1.30 bits per heavy atom. The minimum atomic E-state index is -0.396. The third-order valence-corrected chi connectivity index (χ3v) is 1.17. The number of rotatable bonds is 2. The molecule has 0 fully saturated rings. The van der Waals surface area contributed by atoms with Gasteiger partial charge in [-0.3, -0.25) is 4.79 Å². The third-order valence-electron chi connectivity index (χ3n) is 1.17. The van der Waals surface area contributed by atoms with Crippen LogP contribution in [0.4, 0.5) is 0 Å². The predicted molar refractivity (Wildman–Crippen MR) is 42.4 cm³/mol. The number of amides is 1. The number of carbonyl (C=O) groups excluding carboxylic acids is 1. The van der Waals surface area contributed by atoms with Crippen molar-refractivity contribution >= 4 is 5.91 Å². The van der Waals surface area contributed by atoms with Gasteiger partial charge in [-0.2, -0.15) is 0 Å². The molecule has 0 aliphatic rings. The maximum Gasteiger partial charge on any atom is 0.248 e. The van der Waals surface area contributed by atoms with Crippen LogP contribution in [0.25, 0.3) is 0 Å². The smallest absolute Gasteiger partial charge is 0.248 e. The molecule has 0 radical (unpaired) electrons. The fraction of sp³-hybridized carbons (Fsp3) is 0.375. The van der Waals surface area contributed by atoms with E-state index in [1.54, 1.807) is 6.92 Å². The van der Waals surface area contributed by atoms with Gasteiger partial charge >= 0.3 is 0 Å². The van der Waals surface area contributed by atoms with Crippen molar-refractivity contribution in [2.45, 2.75) is 20.8 Å². The van der Waals surface area contributed by atoms with Crippen molar-refractivity contribution < 1.29 is 4.79 Å². The summed E-state index contributed by atoms with van der Waals surface area (Å²) >= 11 is 0. The second-order valence-corrected chi connectivity index (χ2v) is 2.52. The zero-order valence-corrected chi connectivity index (χ0v) is 6.69. The van der Waals surface area contributed by atoms with E-state index in [9.17, 15) is 4.79 Å². The highest BCUT2D eigenvalue weighted by Crippen LogP contribution is 2.10. The van der Waals surface area contributed by atoms with Gasteiger partial charge in [0.1, 0.15) is 0 Å². The van der Waals surface area contributed by atoms with E-state index >= 15 is 0 Å². The van der Waals surface area contributed by atoms with Crippen molar-refractivity contribution in [1.82, 2.24) is 0 Å². The minimum absolute atomic E-state index is 0.396. The van der Waals surface area contributed by atoms with Gasteiger partial charge < -0.3 is 5.73 Å². The average Bonchev–Trinajstić information content (AvgIpc) is 1.59. The molecule has 56 valence electrons. The maximum absolute atomic E-state index is 10.7. The summed E-state index contributed by atoms with van der Waals surface area (Å²) in [4.78, 5) is 10.7. The summed E-state index contributed by atoms with van der Waals surface area (Å²) in [7, 11) is 0. The normalized spacial score (nSPS) is 8.70. The first-order chi connectivity index (χ1) is 4.46. The lowest BCUT2D eigenvalue weighted by atomic mass is 10.0. The molecule has 0 atom stereocenters. The molecule has 2 heteroatoms. The van der Waals surface area contributed by atoms with Gasteiger partial charge in [0.05, 0.1) is 0 Å². The van der Waals surface area contributed by atoms with Crippen molar-refractivity contribution in [3.8, 4) is 0 Å². The first-order valence-electron chi connectivity index (χ1n) is 3.10. The highest BCUT2D eigenvalue weighted by molar-refractivity contribution is 5.96. The molecule has 0 saturated carbocycles. The molecule has 0 spiro atoms. The fourth-order valence-corrected chi connectivity index (χ4v) is 0.883. The van der Waals surface area contributed by atoms with E-state index in [0.29, 0.717) is 5.57 Å². The Kier molecular flexibility index (Phi) is 2.87. The second-order valence-electron chi connectivity index (χ2n) is 2.52. The van der Waals surface area contributed by atoms with Gasteiger partial charge in [-0.1, -0.05) is 12.2 Å². The van der Waals surface area contributed by atoms with E-state index in [0.717, 1.165) is 11.1 Å². The molecule has 0 aliphatic carbocycles. The second kappa shape index (κ2) is 3.20. The van der Waals surface area contributed by atoms with Crippen molar-refractivity contribution in [2.75, 3.05) is 0 Å². The van der Waals surface area contributed by atoms with Crippen molar-refractivity contribution in [3.05, 3.63) is 23.3 Å². The lowest BCUT2D eigenvalue weighted by molar-refractivity contribution is -0.114. The molecule has 0 aromatic heterocycles. The molecule has 0 rings (SSSR count). The summed E-state index contributed by atoms with van der Waals surface area (Å²) in [6, 6.07) is 0. The van der Waals surface area contributed by atoms with Crippen LogP contribution in [0, 0.1) is 0 Å². The number of allylic oxidation sites excluding steroid dienone is 1. The van der Waals surface area contributed by atoms with Crippen LogP contribution >= 0.6 is 0 Å². The number of hydrogen-bond donors (Lipinski definition) is 1. The van der Waals surface area contributed by atoms with E-state index in [2.05, 4.69) is 6.58 Å². The Hall–Kier alpha value is -1.05. The average molecular weight is 139 g/mol. The molecule has 0 aromatic carbocycles.